The summed E-state index contributed by atoms with van der Waals surface area (Å²) in [6.45, 7) is 5.29. The van der Waals surface area contributed by atoms with Gasteiger partial charge in [0.25, 0.3) is 5.91 Å². The monoisotopic (exact) mass is 413 g/mol. The summed E-state index contributed by atoms with van der Waals surface area (Å²) < 4.78 is 18.9. The summed E-state index contributed by atoms with van der Waals surface area (Å²) in [5, 5.41) is 0.641. The molecule has 7 heteroatoms. The molecule has 150 valence electrons. The topological polar surface area (TPSA) is 49.6 Å². The highest BCUT2D eigenvalue weighted by molar-refractivity contribution is 6.30. The van der Waals surface area contributed by atoms with Crippen LogP contribution in [0.1, 0.15) is 21.8 Å². The first kappa shape index (κ1) is 19.6. The minimum absolute atomic E-state index is 0.0643. The summed E-state index contributed by atoms with van der Waals surface area (Å²) >= 11 is 6.06. The predicted octanol–water partition coefficient (Wildman–Crippen LogP) is 4.40. The molecule has 0 aliphatic carbocycles. The van der Waals surface area contributed by atoms with Crippen molar-refractivity contribution in [2.75, 3.05) is 26.2 Å². The molecule has 0 radical (unpaired) electrons. The molecule has 1 aromatic heterocycles. The van der Waals surface area contributed by atoms with Crippen molar-refractivity contribution in [1.29, 1.82) is 0 Å². The molecule has 0 bridgehead atoms. The minimum atomic E-state index is -0.341. The number of hydrogen-bond donors (Lipinski definition) is 0. The highest BCUT2D eigenvalue weighted by Gasteiger charge is 2.23. The van der Waals surface area contributed by atoms with Gasteiger partial charge in [-0.15, -0.1) is 0 Å². The van der Waals surface area contributed by atoms with Crippen LogP contribution in [0.4, 0.5) is 4.39 Å². The Hall–Kier alpha value is -2.70. The van der Waals surface area contributed by atoms with Gasteiger partial charge in [-0.1, -0.05) is 17.7 Å². The van der Waals surface area contributed by atoms with Gasteiger partial charge >= 0.3 is 0 Å². The van der Waals surface area contributed by atoms with Crippen molar-refractivity contribution in [2.45, 2.75) is 13.5 Å². The van der Waals surface area contributed by atoms with Crippen molar-refractivity contribution >= 4 is 17.5 Å². The first-order chi connectivity index (χ1) is 14.0. The molecule has 0 unspecified atom stereocenters. The quantitative estimate of drug-likeness (QED) is 0.636. The van der Waals surface area contributed by atoms with Gasteiger partial charge in [0.1, 0.15) is 11.6 Å². The van der Waals surface area contributed by atoms with Gasteiger partial charge in [0.05, 0.1) is 5.69 Å². The van der Waals surface area contributed by atoms with E-state index < -0.39 is 0 Å². The van der Waals surface area contributed by atoms with Crippen LogP contribution >= 0.6 is 11.6 Å². The van der Waals surface area contributed by atoms with Gasteiger partial charge in [0.15, 0.2) is 0 Å². The zero-order chi connectivity index (χ0) is 20.4. The number of hydrogen-bond acceptors (Lipinski definition) is 4. The van der Waals surface area contributed by atoms with Crippen LogP contribution in [0.2, 0.25) is 5.02 Å². The number of halogens is 2. The predicted molar refractivity (Wildman–Crippen MR) is 109 cm³/mol. The zero-order valence-corrected chi connectivity index (χ0v) is 16.8. The molecule has 1 amide bonds. The van der Waals surface area contributed by atoms with Crippen LogP contribution in [0, 0.1) is 12.7 Å². The number of rotatable bonds is 4. The van der Waals surface area contributed by atoms with Crippen molar-refractivity contribution in [2.24, 2.45) is 0 Å². The molecular formula is C22H21ClFN3O2. The number of amides is 1. The van der Waals surface area contributed by atoms with E-state index in [4.69, 9.17) is 16.0 Å². The molecule has 1 saturated heterocycles. The molecule has 0 spiro atoms. The Morgan fingerprint density at radius 2 is 1.86 bits per heavy atom. The lowest BCUT2D eigenvalue weighted by molar-refractivity contribution is 0.0626. The Labute approximate surface area is 173 Å². The fourth-order valence-corrected chi connectivity index (χ4v) is 3.61. The van der Waals surface area contributed by atoms with Crippen LogP contribution in [-0.2, 0) is 6.54 Å². The van der Waals surface area contributed by atoms with Gasteiger partial charge < -0.3 is 9.32 Å². The lowest BCUT2D eigenvalue weighted by Crippen LogP contribution is -2.48. The minimum Gasteiger partial charge on any atom is -0.441 e. The van der Waals surface area contributed by atoms with Crippen LogP contribution in [0.15, 0.2) is 52.9 Å². The zero-order valence-electron chi connectivity index (χ0n) is 16.1. The SMILES string of the molecule is Cc1oc(-c2cccc(Cl)c2)nc1CN1CCN(C(=O)c2ccc(F)cc2)CC1. The Morgan fingerprint density at radius 1 is 1.14 bits per heavy atom. The molecule has 3 aromatic rings. The third-order valence-corrected chi connectivity index (χ3v) is 5.32. The highest BCUT2D eigenvalue weighted by atomic mass is 35.5. The van der Waals surface area contributed by atoms with Crippen molar-refractivity contribution in [1.82, 2.24) is 14.8 Å². The largest absolute Gasteiger partial charge is 0.441 e. The maximum atomic E-state index is 13.1. The van der Waals surface area contributed by atoms with Gasteiger partial charge in [-0.25, -0.2) is 9.37 Å². The molecule has 2 heterocycles. The summed E-state index contributed by atoms with van der Waals surface area (Å²) in [5.74, 6) is 0.937. The van der Waals surface area contributed by atoms with Crippen molar-refractivity contribution in [3.63, 3.8) is 0 Å². The summed E-state index contributed by atoms with van der Waals surface area (Å²) in [5.41, 5.74) is 2.25. The average molecular weight is 414 g/mol. The van der Waals surface area contributed by atoms with Gasteiger partial charge in [0.2, 0.25) is 5.89 Å². The Morgan fingerprint density at radius 3 is 2.55 bits per heavy atom. The maximum Gasteiger partial charge on any atom is 0.253 e. The number of aromatic nitrogens is 1. The number of oxazole rings is 1. The van der Waals surface area contributed by atoms with E-state index in [1.54, 1.807) is 4.90 Å². The Balaban J connectivity index is 1.37. The summed E-state index contributed by atoms with van der Waals surface area (Å²) in [6, 6.07) is 13.1. The van der Waals surface area contributed by atoms with Crippen molar-refractivity contribution in [3.8, 4) is 11.5 Å². The van der Waals surface area contributed by atoms with Gasteiger partial charge in [-0.05, 0) is 49.4 Å². The number of carbonyl (C=O) groups excluding carboxylic acids is 1. The molecule has 0 saturated carbocycles. The number of piperazine rings is 1. The van der Waals surface area contributed by atoms with Crippen LogP contribution < -0.4 is 0 Å². The number of aryl methyl sites for hydroxylation is 1. The molecule has 4 rings (SSSR count). The molecule has 5 nitrogen and oxygen atoms in total. The van der Waals surface area contributed by atoms with E-state index in [0.717, 1.165) is 30.1 Å². The van der Waals surface area contributed by atoms with E-state index in [2.05, 4.69) is 9.88 Å². The van der Waals surface area contributed by atoms with Crippen LogP contribution in [-0.4, -0.2) is 46.9 Å². The fourth-order valence-electron chi connectivity index (χ4n) is 3.42. The van der Waals surface area contributed by atoms with E-state index in [-0.39, 0.29) is 11.7 Å². The second-order valence-electron chi connectivity index (χ2n) is 7.11. The summed E-state index contributed by atoms with van der Waals surface area (Å²) in [4.78, 5) is 21.3. The number of carbonyl (C=O) groups is 1. The van der Waals surface area contributed by atoms with E-state index in [1.165, 1.54) is 24.3 Å². The second-order valence-corrected chi connectivity index (χ2v) is 7.54. The van der Waals surface area contributed by atoms with E-state index in [1.807, 2.05) is 31.2 Å². The van der Waals surface area contributed by atoms with Gasteiger partial charge in [-0.2, -0.15) is 0 Å². The molecule has 1 aliphatic heterocycles. The average Bonchev–Trinajstić information content (AvgIpc) is 3.09. The summed E-state index contributed by atoms with van der Waals surface area (Å²) in [6.07, 6.45) is 0. The van der Waals surface area contributed by atoms with E-state index in [0.29, 0.717) is 36.1 Å². The smallest absolute Gasteiger partial charge is 0.253 e. The second kappa shape index (κ2) is 8.35. The molecule has 29 heavy (non-hydrogen) atoms. The Bertz CT molecular complexity index is 1010. The van der Waals surface area contributed by atoms with E-state index in [9.17, 15) is 9.18 Å². The third kappa shape index (κ3) is 4.49. The highest BCUT2D eigenvalue weighted by Crippen LogP contribution is 2.25. The van der Waals surface area contributed by atoms with Crippen LogP contribution in [0.5, 0.6) is 0 Å². The first-order valence-corrected chi connectivity index (χ1v) is 9.87. The number of nitrogens with zero attached hydrogens (tertiary/aromatic N) is 3. The normalized spacial score (nSPS) is 14.9. The fraction of sp³-hybridized carbons (Fsp3) is 0.273. The molecule has 0 atom stereocenters. The molecular weight excluding hydrogens is 393 g/mol. The molecule has 1 fully saturated rings. The van der Waals surface area contributed by atoms with Crippen LogP contribution in [0.25, 0.3) is 11.5 Å². The molecule has 0 N–H and O–H groups in total. The van der Waals surface area contributed by atoms with E-state index >= 15 is 0 Å². The lowest BCUT2D eigenvalue weighted by atomic mass is 10.1. The molecule has 2 aromatic carbocycles. The van der Waals surface area contributed by atoms with Crippen molar-refractivity contribution in [3.05, 3.63) is 76.4 Å². The third-order valence-electron chi connectivity index (χ3n) is 5.09. The standard InChI is InChI=1S/C22H21ClFN3O2/c1-15-20(25-21(29-15)17-3-2-4-18(23)13-17)14-26-9-11-27(12-10-26)22(28)16-5-7-19(24)8-6-16/h2-8,13H,9-12,14H2,1H3. The van der Waals surface area contributed by atoms with Crippen molar-refractivity contribution < 1.29 is 13.6 Å². The maximum absolute atomic E-state index is 13.1. The number of benzene rings is 2. The summed E-state index contributed by atoms with van der Waals surface area (Å²) in [7, 11) is 0. The van der Waals surface area contributed by atoms with Gasteiger partial charge in [-0.3, -0.25) is 9.69 Å². The van der Waals surface area contributed by atoms with Crippen LogP contribution in [0.3, 0.4) is 0 Å². The lowest BCUT2D eigenvalue weighted by Gasteiger charge is -2.34. The molecule has 1 aliphatic rings. The van der Waals surface area contributed by atoms with Gasteiger partial charge in [0, 0.05) is 48.9 Å². The first-order valence-electron chi connectivity index (χ1n) is 9.49. The Kier molecular flexibility index (Phi) is 5.65.